The van der Waals surface area contributed by atoms with Gasteiger partial charge in [0, 0.05) is 24.5 Å². The number of benzene rings is 2. The third-order valence-corrected chi connectivity index (χ3v) is 3.73. The number of anilines is 2. The van der Waals surface area contributed by atoms with Gasteiger partial charge in [-0.25, -0.2) is 4.79 Å². The Morgan fingerprint density at radius 3 is 2.35 bits per heavy atom. The molecule has 0 heterocycles. The molecule has 0 fully saturated rings. The number of urea groups is 1. The van der Waals surface area contributed by atoms with Gasteiger partial charge in [0.25, 0.3) is 5.91 Å². The number of carbonyl (C=O) groups excluding carboxylic acids is 2. The van der Waals surface area contributed by atoms with E-state index in [4.69, 9.17) is 4.74 Å². The van der Waals surface area contributed by atoms with E-state index < -0.39 is 0 Å². The summed E-state index contributed by atoms with van der Waals surface area (Å²) in [5.41, 5.74) is 2.50. The fourth-order valence-corrected chi connectivity index (χ4v) is 2.28. The fraction of sp³-hybridized carbons (Fsp3) is 0.300. The number of ether oxygens (including phenoxy) is 1. The average molecular weight is 355 g/mol. The first-order valence-corrected chi connectivity index (χ1v) is 8.49. The highest BCUT2D eigenvalue weighted by Crippen LogP contribution is 2.19. The lowest BCUT2D eigenvalue weighted by atomic mass is 10.2. The van der Waals surface area contributed by atoms with E-state index in [1.54, 1.807) is 31.3 Å². The molecule has 0 aliphatic rings. The predicted octanol–water partition coefficient (Wildman–Crippen LogP) is 3.57. The molecule has 0 aliphatic heterocycles. The highest BCUT2D eigenvalue weighted by atomic mass is 16.5. The minimum absolute atomic E-state index is 0.0688. The second-order valence-electron chi connectivity index (χ2n) is 6.31. The molecule has 0 spiro atoms. The van der Waals surface area contributed by atoms with Crippen molar-refractivity contribution in [2.24, 2.45) is 0 Å². The molecule has 0 aromatic heterocycles. The van der Waals surface area contributed by atoms with Crippen molar-refractivity contribution in [1.29, 1.82) is 0 Å². The average Bonchev–Trinajstić information content (AvgIpc) is 2.61. The highest BCUT2D eigenvalue weighted by molar-refractivity contribution is 5.93. The van der Waals surface area contributed by atoms with Gasteiger partial charge >= 0.3 is 6.03 Å². The van der Waals surface area contributed by atoms with Crippen LogP contribution >= 0.6 is 0 Å². The lowest BCUT2D eigenvalue weighted by Gasteiger charge is -2.20. The fourth-order valence-electron chi connectivity index (χ4n) is 2.28. The van der Waals surface area contributed by atoms with Crippen LogP contribution in [0.2, 0.25) is 0 Å². The summed E-state index contributed by atoms with van der Waals surface area (Å²) < 4.78 is 5.51. The summed E-state index contributed by atoms with van der Waals surface area (Å²) in [6.45, 7) is 5.66. The van der Waals surface area contributed by atoms with Crippen LogP contribution in [0.5, 0.6) is 5.75 Å². The largest absolute Gasteiger partial charge is 0.484 e. The number of hydrogen-bond donors (Lipinski definition) is 2. The molecule has 2 aromatic carbocycles. The van der Waals surface area contributed by atoms with E-state index in [1.165, 1.54) is 4.90 Å². The van der Waals surface area contributed by atoms with E-state index in [0.717, 1.165) is 16.9 Å². The Morgan fingerprint density at radius 1 is 1.08 bits per heavy atom. The molecule has 2 rings (SSSR count). The molecule has 6 heteroatoms. The second-order valence-corrected chi connectivity index (χ2v) is 6.31. The molecule has 0 saturated carbocycles. The van der Waals surface area contributed by atoms with Gasteiger partial charge in [-0.3, -0.25) is 9.69 Å². The molecule has 0 unspecified atom stereocenters. The Morgan fingerprint density at radius 2 is 1.73 bits per heavy atom. The summed E-state index contributed by atoms with van der Waals surface area (Å²) in [5.74, 6) is 0.336. The Bertz CT molecular complexity index is 757. The number of nitrogens with one attached hydrogen (secondary N) is 2. The zero-order chi connectivity index (χ0) is 19.1. The smallest absolute Gasteiger partial charge is 0.321 e. The van der Waals surface area contributed by atoms with Crippen LogP contribution in [0.1, 0.15) is 19.4 Å². The number of aryl methyl sites for hydroxylation is 1. The van der Waals surface area contributed by atoms with Gasteiger partial charge in [0.2, 0.25) is 0 Å². The maximum Gasteiger partial charge on any atom is 0.321 e. The normalized spacial score (nSPS) is 10.3. The summed E-state index contributed by atoms with van der Waals surface area (Å²) in [6, 6.07) is 14.5. The van der Waals surface area contributed by atoms with Gasteiger partial charge in [0.1, 0.15) is 5.75 Å². The van der Waals surface area contributed by atoms with Crippen LogP contribution in [0.3, 0.4) is 0 Å². The SMILES string of the molecule is Cc1ccccc1NC(=O)COc1ccc(N(C)C(=O)NC(C)C)cc1. The molecule has 0 atom stereocenters. The molecule has 0 radical (unpaired) electrons. The molecule has 138 valence electrons. The van der Waals surface area contributed by atoms with E-state index in [0.29, 0.717) is 5.75 Å². The van der Waals surface area contributed by atoms with Gasteiger partial charge in [0.05, 0.1) is 0 Å². The van der Waals surface area contributed by atoms with Gasteiger partial charge in [0.15, 0.2) is 6.61 Å². The number of hydrogen-bond acceptors (Lipinski definition) is 3. The topological polar surface area (TPSA) is 70.7 Å². The van der Waals surface area contributed by atoms with Crippen LogP contribution in [-0.2, 0) is 4.79 Å². The van der Waals surface area contributed by atoms with Crippen molar-refractivity contribution in [2.75, 3.05) is 23.9 Å². The molecule has 3 amide bonds. The summed E-state index contributed by atoms with van der Waals surface area (Å²) in [4.78, 5) is 25.5. The molecule has 0 aliphatic carbocycles. The molecular weight excluding hydrogens is 330 g/mol. The summed E-state index contributed by atoms with van der Waals surface area (Å²) in [6.07, 6.45) is 0. The minimum atomic E-state index is -0.225. The van der Waals surface area contributed by atoms with E-state index in [1.807, 2.05) is 45.0 Å². The summed E-state index contributed by atoms with van der Waals surface area (Å²) in [7, 11) is 1.70. The maximum absolute atomic E-state index is 12.0. The van der Waals surface area contributed by atoms with Crippen molar-refractivity contribution in [3.05, 3.63) is 54.1 Å². The number of para-hydroxylation sites is 1. The Labute approximate surface area is 154 Å². The van der Waals surface area contributed by atoms with Crippen molar-refractivity contribution in [2.45, 2.75) is 26.8 Å². The standard InChI is InChI=1S/C20H25N3O3/c1-14(2)21-20(25)23(4)16-9-11-17(12-10-16)26-13-19(24)22-18-8-6-5-7-15(18)3/h5-12,14H,13H2,1-4H3,(H,21,25)(H,22,24). The van der Waals surface area contributed by atoms with E-state index >= 15 is 0 Å². The first kappa shape index (κ1) is 19.3. The van der Waals surface area contributed by atoms with Crippen molar-refractivity contribution >= 4 is 23.3 Å². The highest BCUT2D eigenvalue weighted by Gasteiger charge is 2.12. The quantitative estimate of drug-likeness (QED) is 0.832. The maximum atomic E-state index is 12.0. The van der Waals surface area contributed by atoms with E-state index in [2.05, 4.69) is 10.6 Å². The number of nitrogens with zero attached hydrogens (tertiary/aromatic N) is 1. The van der Waals surface area contributed by atoms with Crippen LogP contribution in [-0.4, -0.2) is 31.6 Å². The zero-order valence-corrected chi connectivity index (χ0v) is 15.6. The number of carbonyl (C=O) groups is 2. The first-order chi connectivity index (χ1) is 12.4. The van der Waals surface area contributed by atoms with Crippen LogP contribution in [0, 0.1) is 6.92 Å². The third-order valence-electron chi connectivity index (χ3n) is 3.73. The van der Waals surface area contributed by atoms with E-state index in [9.17, 15) is 9.59 Å². The van der Waals surface area contributed by atoms with Crippen LogP contribution < -0.4 is 20.3 Å². The van der Waals surface area contributed by atoms with Gasteiger partial charge in [-0.15, -0.1) is 0 Å². The lowest BCUT2D eigenvalue weighted by molar-refractivity contribution is -0.118. The van der Waals surface area contributed by atoms with Crippen molar-refractivity contribution < 1.29 is 14.3 Å². The lowest BCUT2D eigenvalue weighted by Crippen LogP contribution is -2.40. The third kappa shape index (κ3) is 5.51. The predicted molar refractivity (Wildman–Crippen MR) is 104 cm³/mol. The number of amides is 3. The van der Waals surface area contributed by atoms with Crippen molar-refractivity contribution in [1.82, 2.24) is 5.32 Å². The van der Waals surface area contributed by atoms with Gasteiger partial charge in [-0.05, 0) is 56.7 Å². The molecular formula is C20H25N3O3. The molecule has 0 saturated heterocycles. The van der Waals surface area contributed by atoms with Crippen molar-refractivity contribution in [3.63, 3.8) is 0 Å². The van der Waals surface area contributed by atoms with Gasteiger partial charge < -0.3 is 15.4 Å². The Hall–Kier alpha value is -3.02. The molecule has 6 nitrogen and oxygen atoms in total. The van der Waals surface area contributed by atoms with Crippen molar-refractivity contribution in [3.8, 4) is 5.75 Å². The summed E-state index contributed by atoms with van der Waals surface area (Å²) >= 11 is 0. The molecule has 0 bridgehead atoms. The monoisotopic (exact) mass is 355 g/mol. The van der Waals surface area contributed by atoms with E-state index in [-0.39, 0.29) is 24.6 Å². The Kier molecular flexibility index (Phi) is 6.60. The Balaban J connectivity index is 1.88. The first-order valence-electron chi connectivity index (χ1n) is 8.49. The minimum Gasteiger partial charge on any atom is -0.484 e. The number of rotatable bonds is 6. The van der Waals surface area contributed by atoms with Crippen LogP contribution in [0.15, 0.2) is 48.5 Å². The van der Waals surface area contributed by atoms with Crippen LogP contribution in [0.25, 0.3) is 0 Å². The second kappa shape index (κ2) is 8.89. The van der Waals surface area contributed by atoms with Gasteiger partial charge in [-0.1, -0.05) is 18.2 Å². The molecule has 26 heavy (non-hydrogen) atoms. The van der Waals surface area contributed by atoms with Crippen LogP contribution in [0.4, 0.5) is 16.2 Å². The molecule has 2 N–H and O–H groups in total. The molecule has 2 aromatic rings. The van der Waals surface area contributed by atoms with Gasteiger partial charge in [-0.2, -0.15) is 0 Å². The zero-order valence-electron chi connectivity index (χ0n) is 15.6. The summed E-state index contributed by atoms with van der Waals surface area (Å²) in [5, 5.41) is 5.64.